The number of nitrogens with zero attached hydrogens (tertiary/aromatic N) is 2. The lowest BCUT2D eigenvalue weighted by atomic mass is 10.1. The van der Waals surface area contributed by atoms with E-state index in [1.807, 2.05) is 37.4 Å². The van der Waals surface area contributed by atoms with Gasteiger partial charge in [-0.05, 0) is 18.6 Å². The molecule has 0 unspecified atom stereocenters. The maximum Gasteiger partial charge on any atom is 0.131 e. The zero-order chi connectivity index (χ0) is 13.0. The smallest absolute Gasteiger partial charge is 0.131 e. The van der Waals surface area contributed by atoms with Crippen molar-refractivity contribution in [3.63, 3.8) is 0 Å². The summed E-state index contributed by atoms with van der Waals surface area (Å²) in [5.41, 5.74) is 1.98. The van der Waals surface area contributed by atoms with Crippen LogP contribution >= 0.6 is 11.6 Å². The third kappa shape index (κ3) is 2.99. The van der Waals surface area contributed by atoms with E-state index in [9.17, 15) is 0 Å². The number of hydrogen-bond acceptors (Lipinski definition) is 3. The Balaban J connectivity index is 2.42. The minimum atomic E-state index is 0.732. The Labute approximate surface area is 112 Å². The number of anilines is 1. The molecule has 18 heavy (non-hydrogen) atoms. The number of rotatable bonds is 4. The molecule has 0 fully saturated rings. The third-order valence-corrected chi connectivity index (χ3v) is 2.89. The summed E-state index contributed by atoms with van der Waals surface area (Å²) in [6, 6.07) is 9.64. The van der Waals surface area contributed by atoms with Gasteiger partial charge >= 0.3 is 0 Å². The van der Waals surface area contributed by atoms with Crippen LogP contribution in [-0.2, 0) is 6.42 Å². The molecule has 94 valence electrons. The van der Waals surface area contributed by atoms with Gasteiger partial charge in [0.15, 0.2) is 0 Å². The van der Waals surface area contributed by atoms with Crippen LogP contribution in [0.25, 0.3) is 11.3 Å². The molecule has 0 aliphatic heterocycles. The standard InChI is InChI=1S/C14H16ClN3/c1-3-4-13-17-12(9-14(16-2)18-13)10-5-7-11(15)8-6-10/h5-9H,3-4H2,1-2H3,(H,16,17,18). The van der Waals surface area contributed by atoms with E-state index in [2.05, 4.69) is 22.2 Å². The number of benzene rings is 1. The first-order chi connectivity index (χ1) is 8.72. The lowest BCUT2D eigenvalue weighted by Crippen LogP contribution is -2.01. The zero-order valence-electron chi connectivity index (χ0n) is 10.6. The molecular formula is C14H16ClN3. The lowest BCUT2D eigenvalue weighted by Gasteiger charge is -2.07. The second kappa shape index (κ2) is 5.83. The maximum absolute atomic E-state index is 5.89. The highest BCUT2D eigenvalue weighted by Crippen LogP contribution is 2.22. The van der Waals surface area contributed by atoms with Crippen LogP contribution in [0.15, 0.2) is 30.3 Å². The molecule has 2 rings (SSSR count). The number of aromatic nitrogens is 2. The van der Waals surface area contributed by atoms with Crippen LogP contribution in [-0.4, -0.2) is 17.0 Å². The van der Waals surface area contributed by atoms with Gasteiger partial charge in [-0.25, -0.2) is 9.97 Å². The van der Waals surface area contributed by atoms with Crippen LogP contribution in [0.1, 0.15) is 19.2 Å². The van der Waals surface area contributed by atoms with Gasteiger partial charge in [0.2, 0.25) is 0 Å². The summed E-state index contributed by atoms with van der Waals surface area (Å²) in [4.78, 5) is 9.01. The Morgan fingerprint density at radius 3 is 2.50 bits per heavy atom. The van der Waals surface area contributed by atoms with E-state index in [0.717, 1.165) is 40.8 Å². The molecule has 1 aromatic carbocycles. The fourth-order valence-corrected chi connectivity index (χ4v) is 1.86. The topological polar surface area (TPSA) is 37.8 Å². The SMILES string of the molecule is CCCc1nc(NC)cc(-c2ccc(Cl)cc2)n1. The van der Waals surface area contributed by atoms with Crippen molar-refractivity contribution in [2.45, 2.75) is 19.8 Å². The first kappa shape index (κ1) is 12.8. The molecule has 2 aromatic rings. The van der Waals surface area contributed by atoms with Crippen molar-refractivity contribution in [1.82, 2.24) is 9.97 Å². The molecule has 0 spiro atoms. The molecule has 0 saturated heterocycles. The molecule has 1 aromatic heterocycles. The average Bonchev–Trinajstić information content (AvgIpc) is 2.39. The van der Waals surface area contributed by atoms with Gasteiger partial charge in [-0.3, -0.25) is 0 Å². The van der Waals surface area contributed by atoms with Gasteiger partial charge in [0, 0.05) is 30.1 Å². The summed E-state index contributed by atoms with van der Waals surface area (Å²) in [5.74, 6) is 1.72. The minimum Gasteiger partial charge on any atom is -0.373 e. The number of halogens is 1. The first-order valence-corrected chi connectivity index (χ1v) is 6.42. The molecule has 0 radical (unpaired) electrons. The van der Waals surface area contributed by atoms with Crippen molar-refractivity contribution >= 4 is 17.4 Å². The van der Waals surface area contributed by atoms with E-state index in [1.165, 1.54) is 0 Å². The van der Waals surface area contributed by atoms with E-state index < -0.39 is 0 Å². The number of nitrogens with one attached hydrogen (secondary N) is 1. The van der Waals surface area contributed by atoms with E-state index in [-0.39, 0.29) is 0 Å². The van der Waals surface area contributed by atoms with Crippen molar-refractivity contribution < 1.29 is 0 Å². The normalized spacial score (nSPS) is 10.4. The van der Waals surface area contributed by atoms with Gasteiger partial charge in [-0.15, -0.1) is 0 Å². The Hall–Kier alpha value is -1.61. The summed E-state index contributed by atoms with van der Waals surface area (Å²) >= 11 is 5.89. The Kier molecular flexibility index (Phi) is 4.15. The van der Waals surface area contributed by atoms with E-state index in [1.54, 1.807) is 0 Å². The van der Waals surface area contributed by atoms with Gasteiger partial charge in [-0.1, -0.05) is 30.7 Å². The summed E-state index contributed by atoms with van der Waals surface area (Å²) in [6.07, 6.45) is 1.92. The highest BCUT2D eigenvalue weighted by Gasteiger charge is 2.05. The molecule has 1 heterocycles. The Bertz CT molecular complexity index is 523. The van der Waals surface area contributed by atoms with Crippen LogP contribution in [0.2, 0.25) is 5.02 Å². The van der Waals surface area contributed by atoms with Crippen molar-refractivity contribution in [2.75, 3.05) is 12.4 Å². The Morgan fingerprint density at radius 2 is 1.89 bits per heavy atom. The quantitative estimate of drug-likeness (QED) is 0.910. The van der Waals surface area contributed by atoms with Crippen molar-refractivity contribution in [1.29, 1.82) is 0 Å². The molecule has 3 nitrogen and oxygen atoms in total. The summed E-state index contributed by atoms with van der Waals surface area (Å²) in [5, 5.41) is 3.80. The molecule has 1 N–H and O–H groups in total. The third-order valence-electron chi connectivity index (χ3n) is 2.64. The van der Waals surface area contributed by atoms with Gasteiger partial charge < -0.3 is 5.32 Å². The molecule has 0 aliphatic carbocycles. The summed E-state index contributed by atoms with van der Waals surface area (Å²) in [6.45, 7) is 2.12. The van der Waals surface area contributed by atoms with E-state index in [0.29, 0.717) is 0 Å². The van der Waals surface area contributed by atoms with Gasteiger partial charge in [0.25, 0.3) is 0 Å². The Morgan fingerprint density at radius 1 is 1.17 bits per heavy atom. The predicted octanol–water partition coefficient (Wildman–Crippen LogP) is 3.79. The van der Waals surface area contributed by atoms with Crippen molar-refractivity contribution in [3.8, 4) is 11.3 Å². The molecule has 0 atom stereocenters. The summed E-state index contributed by atoms with van der Waals surface area (Å²) < 4.78 is 0. The fraction of sp³-hybridized carbons (Fsp3) is 0.286. The van der Waals surface area contributed by atoms with Crippen LogP contribution in [0.5, 0.6) is 0 Å². The second-order valence-electron chi connectivity index (χ2n) is 4.06. The number of aryl methyl sites for hydroxylation is 1. The fourth-order valence-electron chi connectivity index (χ4n) is 1.73. The molecule has 0 bridgehead atoms. The van der Waals surface area contributed by atoms with E-state index in [4.69, 9.17) is 11.6 Å². The van der Waals surface area contributed by atoms with Crippen molar-refractivity contribution in [3.05, 3.63) is 41.2 Å². The first-order valence-electron chi connectivity index (χ1n) is 6.04. The van der Waals surface area contributed by atoms with Gasteiger partial charge in [-0.2, -0.15) is 0 Å². The van der Waals surface area contributed by atoms with Crippen LogP contribution in [0, 0.1) is 0 Å². The van der Waals surface area contributed by atoms with Crippen LogP contribution in [0.4, 0.5) is 5.82 Å². The average molecular weight is 262 g/mol. The predicted molar refractivity (Wildman–Crippen MR) is 76.0 cm³/mol. The molecule has 0 aliphatic rings. The summed E-state index contributed by atoms with van der Waals surface area (Å²) in [7, 11) is 1.86. The zero-order valence-corrected chi connectivity index (χ0v) is 11.3. The largest absolute Gasteiger partial charge is 0.373 e. The van der Waals surface area contributed by atoms with Gasteiger partial charge in [0.05, 0.1) is 5.69 Å². The van der Waals surface area contributed by atoms with E-state index >= 15 is 0 Å². The highest BCUT2D eigenvalue weighted by molar-refractivity contribution is 6.30. The molecular weight excluding hydrogens is 246 g/mol. The van der Waals surface area contributed by atoms with Crippen LogP contribution in [0.3, 0.4) is 0 Å². The van der Waals surface area contributed by atoms with Gasteiger partial charge in [0.1, 0.15) is 11.6 Å². The number of hydrogen-bond donors (Lipinski definition) is 1. The molecule has 0 amide bonds. The maximum atomic E-state index is 5.89. The second-order valence-corrected chi connectivity index (χ2v) is 4.50. The molecule has 4 heteroatoms. The van der Waals surface area contributed by atoms with Crippen molar-refractivity contribution in [2.24, 2.45) is 0 Å². The monoisotopic (exact) mass is 261 g/mol. The lowest BCUT2D eigenvalue weighted by molar-refractivity contribution is 0.838. The van der Waals surface area contributed by atoms with Crippen LogP contribution < -0.4 is 5.32 Å². The minimum absolute atomic E-state index is 0.732. The highest BCUT2D eigenvalue weighted by atomic mass is 35.5. The molecule has 0 saturated carbocycles.